The first kappa shape index (κ1) is 12.2. The lowest BCUT2D eigenvalue weighted by molar-refractivity contribution is -0.122. The van der Waals surface area contributed by atoms with Crippen molar-refractivity contribution < 1.29 is 4.79 Å². The van der Waals surface area contributed by atoms with Crippen LogP contribution in [0.1, 0.15) is 37.7 Å². The number of hydrogen-bond acceptors (Lipinski definition) is 1. The lowest BCUT2D eigenvalue weighted by atomic mass is 9.71. The van der Waals surface area contributed by atoms with Gasteiger partial charge in [0.15, 0.2) is 0 Å². The van der Waals surface area contributed by atoms with Crippen LogP contribution < -0.4 is 0 Å². The predicted molar refractivity (Wildman–Crippen MR) is 77.2 cm³/mol. The maximum absolute atomic E-state index is 11.5. The Balaban J connectivity index is 1.82. The molecular formula is C16H17BrO. The number of ketones is 1. The van der Waals surface area contributed by atoms with E-state index < -0.39 is 0 Å². The summed E-state index contributed by atoms with van der Waals surface area (Å²) in [7, 11) is 0. The number of halogens is 1. The standard InChI is InChI=1S/C16H17BrO/c17-15-6-3-11(4-7-15)12-1-2-14-10-16(18)8-5-13(14)9-12/h3-4,6-7,9,13-14H,1-2,5,8,10H2. The molecule has 2 unspecified atom stereocenters. The second-order valence-corrected chi connectivity index (χ2v) is 6.36. The Kier molecular flexibility index (Phi) is 3.38. The van der Waals surface area contributed by atoms with E-state index >= 15 is 0 Å². The van der Waals surface area contributed by atoms with Gasteiger partial charge in [-0.1, -0.05) is 34.1 Å². The second kappa shape index (κ2) is 5.00. The monoisotopic (exact) mass is 304 g/mol. The van der Waals surface area contributed by atoms with E-state index in [1.54, 1.807) is 0 Å². The molecule has 0 amide bonds. The average Bonchev–Trinajstić information content (AvgIpc) is 2.39. The number of benzene rings is 1. The van der Waals surface area contributed by atoms with Gasteiger partial charge < -0.3 is 0 Å². The van der Waals surface area contributed by atoms with Gasteiger partial charge in [0, 0.05) is 17.3 Å². The second-order valence-electron chi connectivity index (χ2n) is 5.44. The van der Waals surface area contributed by atoms with Crippen molar-refractivity contribution >= 4 is 27.3 Å². The molecule has 1 fully saturated rings. The Morgan fingerprint density at radius 1 is 1.06 bits per heavy atom. The van der Waals surface area contributed by atoms with Gasteiger partial charge in [0.25, 0.3) is 0 Å². The number of rotatable bonds is 1. The van der Waals surface area contributed by atoms with E-state index in [0.717, 1.165) is 30.2 Å². The van der Waals surface area contributed by atoms with Crippen LogP contribution in [0, 0.1) is 11.8 Å². The van der Waals surface area contributed by atoms with Crippen molar-refractivity contribution in [1.29, 1.82) is 0 Å². The average molecular weight is 305 g/mol. The molecule has 0 aromatic heterocycles. The van der Waals surface area contributed by atoms with Crippen LogP contribution in [0.25, 0.3) is 5.57 Å². The Bertz CT molecular complexity index is 486. The summed E-state index contributed by atoms with van der Waals surface area (Å²) in [6, 6.07) is 8.58. The highest BCUT2D eigenvalue weighted by Gasteiger charge is 2.30. The summed E-state index contributed by atoms with van der Waals surface area (Å²) in [5.41, 5.74) is 2.81. The van der Waals surface area contributed by atoms with Crippen LogP contribution in [0.15, 0.2) is 34.8 Å². The lowest BCUT2D eigenvalue weighted by Gasteiger charge is -2.33. The van der Waals surface area contributed by atoms with Gasteiger partial charge >= 0.3 is 0 Å². The van der Waals surface area contributed by atoms with Gasteiger partial charge in [-0.25, -0.2) is 0 Å². The van der Waals surface area contributed by atoms with Gasteiger partial charge in [-0.3, -0.25) is 4.79 Å². The zero-order valence-electron chi connectivity index (χ0n) is 10.4. The van der Waals surface area contributed by atoms with E-state index in [0.29, 0.717) is 17.6 Å². The van der Waals surface area contributed by atoms with Gasteiger partial charge in [0.05, 0.1) is 0 Å². The van der Waals surface area contributed by atoms with Crippen molar-refractivity contribution in [2.45, 2.75) is 32.1 Å². The number of Topliss-reactive ketones (excluding diaryl/α,β-unsaturated/α-hetero) is 1. The molecule has 1 aromatic rings. The van der Waals surface area contributed by atoms with Crippen LogP contribution in [0.5, 0.6) is 0 Å². The van der Waals surface area contributed by atoms with Crippen LogP contribution in [-0.2, 0) is 4.79 Å². The van der Waals surface area contributed by atoms with E-state index in [1.807, 2.05) is 0 Å². The smallest absolute Gasteiger partial charge is 0.133 e. The summed E-state index contributed by atoms with van der Waals surface area (Å²) in [6.07, 6.45) is 7.39. The SMILES string of the molecule is O=C1CCC2C=C(c3ccc(Br)cc3)CCC2C1. The highest BCUT2D eigenvalue weighted by atomic mass is 79.9. The zero-order chi connectivity index (χ0) is 12.5. The molecule has 0 heterocycles. The zero-order valence-corrected chi connectivity index (χ0v) is 11.9. The molecule has 0 aliphatic heterocycles. The molecule has 94 valence electrons. The summed E-state index contributed by atoms with van der Waals surface area (Å²) in [5, 5.41) is 0. The molecule has 2 aliphatic rings. The fourth-order valence-corrected chi connectivity index (χ4v) is 3.50. The Morgan fingerprint density at radius 3 is 2.61 bits per heavy atom. The first-order valence-electron chi connectivity index (χ1n) is 6.71. The van der Waals surface area contributed by atoms with E-state index in [-0.39, 0.29) is 0 Å². The molecule has 0 N–H and O–H groups in total. The van der Waals surface area contributed by atoms with Crippen molar-refractivity contribution in [3.05, 3.63) is 40.4 Å². The number of carbonyl (C=O) groups excluding carboxylic acids is 1. The minimum absolute atomic E-state index is 0.469. The quantitative estimate of drug-likeness (QED) is 0.740. The molecule has 1 aromatic carbocycles. The topological polar surface area (TPSA) is 17.1 Å². The summed E-state index contributed by atoms with van der Waals surface area (Å²) < 4.78 is 1.13. The van der Waals surface area contributed by atoms with Crippen LogP contribution in [-0.4, -0.2) is 5.78 Å². The Labute approximate surface area is 116 Å². The van der Waals surface area contributed by atoms with Crippen molar-refractivity contribution in [3.63, 3.8) is 0 Å². The first-order chi connectivity index (χ1) is 8.72. The van der Waals surface area contributed by atoms with Crippen LogP contribution in [0.3, 0.4) is 0 Å². The Morgan fingerprint density at radius 2 is 1.83 bits per heavy atom. The molecule has 3 rings (SSSR count). The fraction of sp³-hybridized carbons (Fsp3) is 0.438. The summed E-state index contributed by atoms with van der Waals surface area (Å²) in [6.45, 7) is 0. The third-order valence-corrected chi connectivity index (χ3v) is 4.80. The number of allylic oxidation sites excluding steroid dienone is 2. The van der Waals surface area contributed by atoms with Crippen LogP contribution in [0.2, 0.25) is 0 Å². The maximum atomic E-state index is 11.5. The molecule has 1 saturated carbocycles. The molecule has 2 heteroatoms. The summed E-state index contributed by atoms with van der Waals surface area (Å²) in [4.78, 5) is 11.5. The minimum Gasteiger partial charge on any atom is -0.300 e. The maximum Gasteiger partial charge on any atom is 0.133 e. The van der Waals surface area contributed by atoms with E-state index in [4.69, 9.17) is 0 Å². The van der Waals surface area contributed by atoms with E-state index in [2.05, 4.69) is 46.3 Å². The minimum atomic E-state index is 0.469. The van der Waals surface area contributed by atoms with Gasteiger partial charge in [0.2, 0.25) is 0 Å². The van der Waals surface area contributed by atoms with Crippen LogP contribution in [0.4, 0.5) is 0 Å². The molecular weight excluding hydrogens is 288 g/mol. The van der Waals surface area contributed by atoms with E-state index in [1.165, 1.54) is 17.6 Å². The summed E-state index contributed by atoms with van der Waals surface area (Å²) in [5.74, 6) is 1.72. The highest BCUT2D eigenvalue weighted by molar-refractivity contribution is 9.10. The number of carbonyl (C=O) groups is 1. The summed E-state index contributed by atoms with van der Waals surface area (Å²) >= 11 is 3.47. The molecule has 0 spiro atoms. The molecule has 2 atom stereocenters. The number of hydrogen-bond donors (Lipinski definition) is 0. The molecule has 0 saturated heterocycles. The predicted octanol–water partition coefficient (Wildman–Crippen LogP) is 4.61. The molecule has 0 bridgehead atoms. The molecule has 0 radical (unpaired) electrons. The van der Waals surface area contributed by atoms with Crippen molar-refractivity contribution in [2.24, 2.45) is 11.8 Å². The third kappa shape index (κ3) is 2.44. The number of fused-ring (bicyclic) bond motifs is 1. The van der Waals surface area contributed by atoms with E-state index in [9.17, 15) is 4.79 Å². The van der Waals surface area contributed by atoms with Gasteiger partial charge in [0.1, 0.15) is 5.78 Å². The fourth-order valence-electron chi connectivity index (χ4n) is 3.23. The Hall–Kier alpha value is -0.890. The van der Waals surface area contributed by atoms with Crippen molar-refractivity contribution in [2.75, 3.05) is 0 Å². The first-order valence-corrected chi connectivity index (χ1v) is 7.50. The third-order valence-electron chi connectivity index (χ3n) is 4.27. The lowest BCUT2D eigenvalue weighted by Crippen LogP contribution is -2.26. The molecule has 1 nitrogen and oxygen atoms in total. The normalized spacial score (nSPS) is 27.6. The van der Waals surface area contributed by atoms with Gasteiger partial charge in [-0.15, -0.1) is 0 Å². The van der Waals surface area contributed by atoms with Gasteiger partial charge in [-0.2, -0.15) is 0 Å². The van der Waals surface area contributed by atoms with Crippen molar-refractivity contribution in [1.82, 2.24) is 0 Å². The van der Waals surface area contributed by atoms with Crippen molar-refractivity contribution in [3.8, 4) is 0 Å². The largest absolute Gasteiger partial charge is 0.300 e. The molecule has 18 heavy (non-hydrogen) atoms. The molecule has 2 aliphatic carbocycles. The highest BCUT2D eigenvalue weighted by Crippen LogP contribution is 2.40. The van der Waals surface area contributed by atoms with Gasteiger partial charge in [-0.05, 0) is 54.4 Å². The van der Waals surface area contributed by atoms with Crippen LogP contribution >= 0.6 is 15.9 Å².